The topological polar surface area (TPSA) is 100 Å². The molecule has 3 aromatic heterocycles. The third-order valence-electron chi connectivity index (χ3n) is 4.68. The van der Waals surface area contributed by atoms with E-state index >= 15 is 0 Å². The van der Waals surface area contributed by atoms with Crippen LogP contribution in [0.4, 0.5) is 0 Å². The number of carbonyl (C=O) groups excluding carboxylic acids is 1. The molecule has 8 nitrogen and oxygen atoms in total. The second-order valence-corrected chi connectivity index (χ2v) is 7.59. The molecule has 142 valence electrons. The zero-order chi connectivity index (χ0) is 18.8. The van der Waals surface area contributed by atoms with Crippen LogP contribution in [0.1, 0.15) is 48.3 Å². The number of aromatic nitrogens is 4. The van der Waals surface area contributed by atoms with Crippen LogP contribution in [0.25, 0.3) is 10.2 Å². The van der Waals surface area contributed by atoms with Crippen LogP contribution >= 0.6 is 11.3 Å². The van der Waals surface area contributed by atoms with Crippen molar-refractivity contribution >= 4 is 27.5 Å². The molecule has 0 N–H and O–H groups in total. The lowest BCUT2D eigenvalue weighted by Gasteiger charge is -2.10. The smallest absolute Gasteiger partial charge is 0.308 e. The number of rotatable bonds is 6. The molecule has 0 spiro atoms. The summed E-state index contributed by atoms with van der Waals surface area (Å²) in [5.74, 6) is 0.419. The molecule has 0 atom stereocenters. The van der Waals surface area contributed by atoms with Gasteiger partial charge >= 0.3 is 5.97 Å². The highest BCUT2D eigenvalue weighted by molar-refractivity contribution is 7.18. The van der Waals surface area contributed by atoms with Gasteiger partial charge in [-0.15, -0.1) is 11.3 Å². The molecule has 0 aliphatic heterocycles. The largest absolute Gasteiger partial charge is 0.456 e. The Kier molecular flexibility index (Phi) is 5.02. The Morgan fingerprint density at radius 1 is 1.37 bits per heavy atom. The first kappa shape index (κ1) is 17.8. The summed E-state index contributed by atoms with van der Waals surface area (Å²) in [6.45, 7) is 2.08. The fourth-order valence-electron chi connectivity index (χ4n) is 3.26. The van der Waals surface area contributed by atoms with Crippen molar-refractivity contribution in [2.45, 2.75) is 58.6 Å². The van der Waals surface area contributed by atoms with Crippen molar-refractivity contribution < 1.29 is 14.1 Å². The van der Waals surface area contributed by atoms with Gasteiger partial charge in [-0.1, -0.05) is 12.1 Å². The highest BCUT2D eigenvalue weighted by Gasteiger charge is 2.20. The number of thiophene rings is 1. The zero-order valence-corrected chi connectivity index (χ0v) is 15.9. The van der Waals surface area contributed by atoms with E-state index in [4.69, 9.17) is 9.26 Å². The minimum absolute atomic E-state index is 0.0595. The van der Waals surface area contributed by atoms with Crippen LogP contribution < -0.4 is 5.56 Å². The highest BCUT2D eigenvalue weighted by Crippen LogP contribution is 2.33. The average Bonchev–Trinajstić information content (AvgIpc) is 3.30. The second kappa shape index (κ2) is 7.59. The lowest BCUT2D eigenvalue weighted by molar-refractivity contribution is -0.146. The van der Waals surface area contributed by atoms with Crippen LogP contribution in [0.3, 0.4) is 0 Å². The van der Waals surface area contributed by atoms with E-state index in [1.54, 1.807) is 11.3 Å². The van der Waals surface area contributed by atoms with Gasteiger partial charge in [-0.2, -0.15) is 4.98 Å². The number of ether oxygens (including phenoxy) is 1. The van der Waals surface area contributed by atoms with E-state index in [1.165, 1.54) is 22.2 Å². The summed E-state index contributed by atoms with van der Waals surface area (Å²) in [7, 11) is 0. The molecule has 1 aliphatic rings. The van der Waals surface area contributed by atoms with Gasteiger partial charge in [0.1, 0.15) is 4.83 Å². The zero-order valence-electron chi connectivity index (χ0n) is 15.1. The van der Waals surface area contributed by atoms with E-state index < -0.39 is 5.97 Å². The van der Waals surface area contributed by atoms with E-state index in [9.17, 15) is 9.59 Å². The van der Waals surface area contributed by atoms with Crippen LogP contribution in [0.2, 0.25) is 0 Å². The van der Waals surface area contributed by atoms with Gasteiger partial charge in [0.2, 0.25) is 0 Å². The summed E-state index contributed by atoms with van der Waals surface area (Å²) < 4.78 is 11.6. The van der Waals surface area contributed by atoms with Crippen molar-refractivity contribution in [3.05, 3.63) is 38.8 Å². The summed E-state index contributed by atoms with van der Waals surface area (Å²) >= 11 is 1.62. The van der Waals surface area contributed by atoms with Gasteiger partial charge in [0.15, 0.2) is 12.4 Å². The summed E-state index contributed by atoms with van der Waals surface area (Å²) in [5, 5.41) is 4.47. The number of hydrogen-bond acceptors (Lipinski definition) is 8. The predicted octanol–water partition coefficient (Wildman–Crippen LogP) is 2.42. The molecule has 0 unspecified atom stereocenters. The molecule has 0 aromatic carbocycles. The maximum atomic E-state index is 12.8. The summed E-state index contributed by atoms with van der Waals surface area (Å²) in [6.07, 6.45) is 6.48. The molecular weight excluding hydrogens is 368 g/mol. The quantitative estimate of drug-likeness (QED) is 0.598. The summed E-state index contributed by atoms with van der Waals surface area (Å²) in [6, 6.07) is 0. The fraction of sp³-hybridized carbons (Fsp3) is 0.500. The Bertz CT molecular complexity index is 1040. The number of carbonyl (C=O) groups is 1. The number of nitrogens with zero attached hydrogens (tertiary/aromatic N) is 4. The molecule has 0 amide bonds. The molecule has 1 aliphatic carbocycles. The first-order valence-corrected chi connectivity index (χ1v) is 9.94. The number of fused-ring (bicyclic) bond motifs is 3. The third kappa shape index (κ3) is 3.64. The molecule has 3 aromatic rings. The number of esters is 1. The first-order chi connectivity index (χ1) is 13.2. The Morgan fingerprint density at radius 2 is 2.22 bits per heavy atom. The average molecular weight is 388 g/mol. The summed E-state index contributed by atoms with van der Waals surface area (Å²) in [5.41, 5.74) is 1.08. The van der Waals surface area contributed by atoms with E-state index in [-0.39, 0.29) is 31.0 Å². The lowest BCUT2D eigenvalue weighted by Crippen LogP contribution is -2.23. The van der Waals surface area contributed by atoms with Crippen molar-refractivity contribution in [3.63, 3.8) is 0 Å². The van der Waals surface area contributed by atoms with Gasteiger partial charge in [-0.05, 0) is 31.2 Å². The van der Waals surface area contributed by atoms with Crippen molar-refractivity contribution in [2.75, 3.05) is 0 Å². The second-order valence-electron chi connectivity index (χ2n) is 6.50. The summed E-state index contributed by atoms with van der Waals surface area (Å²) in [4.78, 5) is 35.4. The van der Waals surface area contributed by atoms with Gasteiger partial charge in [-0.3, -0.25) is 14.2 Å². The van der Waals surface area contributed by atoms with E-state index in [0.29, 0.717) is 12.2 Å². The van der Waals surface area contributed by atoms with Gasteiger partial charge in [0.05, 0.1) is 18.1 Å². The van der Waals surface area contributed by atoms with Gasteiger partial charge in [0, 0.05) is 17.8 Å². The molecule has 0 saturated heterocycles. The van der Waals surface area contributed by atoms with Crippen LogP contribution in [0.5, 0.6) is 0 Å². The normalized spacial score (nSPS) is 13.7. The monoisotopic (exact) mass is 388 g/mol. The van der Waals surface area contributed by atoms with Crippen molar-refractivity contribution in [1.29, 1.82) is 0 Å². The maximum Gasteiger partial charge on any atom is 0.308 e. The van der Waals surface area contributed by atoms with Crippen molar-refractivity contribution in [1.82, 2.24) is 19.7 Å². The van der Waals surface area contributed by atoms with Crippen LogP contribution in [0, 0.1) is 0 Å². The van der Waals surface area contributed by atoms with Crippen molar-refractivity contribution in [2.24, 2.45) is 0 Å². The third-order valence-corrected chi connectivity index (χ3v) is 5.88. The molecule has 9 heteroatoms. The maximum absolute atomic E-state index is 12.8. The van der Waals surface area contributed by atoms with Gasteiger partial charge < -0.3 is 9.26 Å². The lowest BCUT2D eigenvalue weighted by atomic mass is 9.97. The number of aryl methyl sites for hydroxylation is 4. The first-order valence-electron chi connectivity index (χ1n) is 9.12. The van der Waals surface area contributed by atoms with E-state index in [2.05, 4.69) is 15.1 Å². The molecule has 0 fully saturated rings. The van der Waals surface area contributed by atoms with E-state index in [1.807, 2.05) is 6.92 Å². The minimum atomic E-state index is -0.425. The van der Waals surface area contributed by atoms with Crippen molar-refractivity contribution in [3.8, 4) is 0 Å². The predicted molar refractivity (Wildman–Crippen MR) is 98.6 cm³/mol. The minimum Gasteiger partial charge on any atom is -0.456 e. The molecule has 0 radical (unpaired) electrons. The van der Waals surface area contributed by atoms with Gasteiger partial charge in [0.25, 0.3) is 11.4 Å². The molecular formula is C18H20N4O4S. The Labute approximate surface area is 159 Å². The van der Waals surface area contributed by atoms with Crippen LogP contribution in [-0.4, -0.2) is 25.7 Å². The Morgan fingerprint density at radius 3 is 3.04 bits per heavy atom. The molecule has 0 saturated carbocycles. The Hall–Kier alpha value is -2.55. The standard InChI is InChI=1S/C18H20N4O4S/c1-2-13-20-14(26-21-13)9-25-15(23)7-8-22-10-19-17-16(18(22)24)11-5-3-4-6-12(11)27-17/h10H,2-9H2,1H3. The molecule has 0 bridgehead atoms. The van der Waals surface area contributed by atoms with Gasteiger partial charge in [-0.25, -0.2) is 4.98 Å². The number of hydrogen-bond donors (Lipinski definition) is 0. The molecule has 4 rings (SSSR count). The Balaban J connectivity index is 1.42. The SMILES string of the molecule is CCc1noc(COC(=O)CCn2cnc3sc4c(c3c2=O)CCCC4)n1. The molecule has 3 heterocycles. The van der Waals surface area contributed by atoms with E-state index in [0.717, 1.165) is 35.0 Å². The fourth-order valence-corrected chi connectivity index (χ4v) is 4.48. The van der Waals surface area contributed by atoms with Crippen LogP contribution in [-0.2, 0) is 41.9 Å². The van der Waals surface area contributed by atoms with Crippen LogP contribution in [0.15, 0.2) is 15.6 Å². The molecule has 27 heavy (non-hydrogen) atoms. The highest BCUT2D eigenvalue weighted by atomic mass is 32.1.